The van der Waals surface area contributed by atoms with E-state index in [0.29, 0.717) is 30.4 Å². The molecule has 4 rings (SSSR count). The summed E-state index contributed by atoms with van der Waals surface area (Å²) >= 11 is 0. The molecule has 2 heterocycles. The molecule has 6 nitrogen and oxygen atoms in total. The highest BCUT2D eigenvalue weighted by Crippen LogP contribution is 2.34. The molecule has 1 saturated carbocycles. The number of benzene rings is 1. The maximum absolute atomic E-state index is 6.37. The van der Waals surface area contributed by atoms with E-state index in [4.69, 9.17) is 14.7 Å². The van der Waals surface area contributed by atoms with Crippen molar-refractivity contribution in [2.24, 2.45) is 5.73 Å². The smallest absolute Gasteiger partial charge is 0.227 e. The second-order valence-corrected chi connectivity index (χ2v) is 6.76. The van der Waals surface area contributed by atoms with E-state index in [1.807, 2.05) is 37.3 Å². The molecule has 2 aromatic heterocycles. The highest BCUT2D eigenvalue weighted by Gasteiger charge is 2.35. The molecule has 1 aliphatic rings. The molecule has 1 fully saturated rings. The fourth-order valence-corrected chi connectivity index (χ4v) is 3.42. The largest absolute Gasteiger partial charge is 0.440 e. The predicted octanol–water partition coefficient (Wildman–Crippen LogP) is 3.97. The standard InChI is InChI=1S/C19H22N4O2.ClH/c1-13-17(14-7-3-2-4-8-14)24-15(21-13)9-10-16-22-18(23-25-16)19(20)11-5-6-12-19;/h2-4,7-8H,5-6,9-12,20H2,1H3;1H. The summed E-state index contributed by atoms with van der Waals surface area (Å²) in [6, 6.07) is 10.00. The maximum atomic E-state index is 6.37. The number of nitrogens with zero attached hydrogens (tertiary/aromatic N) is 3. The van der Waals surface area contributed by atoms with E-state index in [-0.39, 0.29) is 12.4 Å². The number of nitrogens with two attached hydrogens (primary N) is 1. The molecule has 0 spiro atoms. The molecular formula is C19H23ClN4O2. The van der Waals surface area contributed by atoms with Crippen molar-refractivity contribution in [3.05, 3.63) is 53.6 Å². The Bertz CT molecular complexity index is 854. The second-order valence-electron chi connectivity index (χ2n) is 6.76. The molecule has 138 valence electrons. The molecule has 0 saturated heterocycles. The van der Waals surface area contributed by atoms with Crippen LogP contribution in [0.1, 0.15) is 49.0 Å². The van der Waals surface area contributed by atoms with Crippen LogP contribution < -0.4 is 5.73 Å². The zero-order valence-electron chi connectivity index (χ0n) is 14.8. The van der Waals surface area contributed by atoms with E-state index in [0.717, 1.165) is 42.7 Å². The van der Waals surface area contributed by atoms with Crippen molar-refractivity contribution in [3.8, 4) is 11.3 Å². The Hall–Kier alpha value is -2.18. The van der Waals surface area contributed by atoms with Gasteiger partial charge in [0.05, 0.1) is 11.2 Å². The van der Waals surface area contributed by atoms with Gasteiger partial charge in [-0.1, -0.05) is 48.3 Å². The summed E-state index contributed by atoms with van der Waals surface area (Å²) in [5.74, 6) is 2.71. The fourth-order valence-electron chi connectivity index (χ4n) is 3.42. The van der Waals surface area contributed by atoms with Gasteiger partial charge in [-0.2, -0.15) is 4.98 Å². The first-order valence-corrected chi connectivity index (χ1v) is 8.78. The quantitative estimate of drug-likeness (QED) is 0.726. The molecule has 0 bridgehead atoms. The highest BCUT2D eigenvalue weighted by molar-refractivity contribution is 5.85. The van der Waals surface area contributed by atoms with Crippen molar-refractivity contribution < 1.29 is 8.94 Å². The topological polar surface area (TPSA) is 91.0 Å². The Morgan fingerprint density at radius 3 is 2.46 bits per heavy atom. The third kappa shape index (κ3) is 3.66. The molecule has 2 N–H and O–H groups in total. The van der Waals surface area contributed by atoms with Gasteiger partial charge >= 0.3 is 0 Å². The van der Waals surface area contributed by atoms with Gasteiger partial charge in [-0.3, -0.25) is 0 Å². The van der Waals surface area contributed by atoms with Crippen molar-refractivity contribution in [1.82, 2.24) is 15.1 Å². The minimum absolute atomic E-state index is 0. The average molecular weight is 375 g/mol. The Morgan fingerprint density at radius 2 is 1.73 bits per heavy atom. The van der Waals surface area contributed by atoms with Gasteiger partial charge < -0.3 is 14.7 Å². The van der Waals surface area contributed by atoms with E-state index < -0.39 is 5.54 Å². The molecule has 1 aliphatic carbocycles. The van der Waals surface area contributed by atoms with Gasteiger partial charge in [-0.25, -0.2) is 4.98 Å². The van der Waals surface area contributed by atoms with Crippen LogP contribution in [0.3, 0.4) is 0 Å². The van der Waals surface area contributed by atoms with Gasteiger partial charge in [0.2, 0.25) is 5.89 Å². The van der Waals surface area contributed by atoms with E-state index in [2.05, 4.69) is 15.1 Å². The minimum Gasteiger partial charge on any atom is -0.440 e. The second kappa shape index (κ2) is 7.60. The highest BCUT2D eigenvalue weighted by atomic mass is 35.5. The molecule has 3 aromatic rings. The van der Waals surface area contributed by atoms with Crippen molar-refractivity contribution in [2.75, 3.05) is 0 Å². The fraction of sp³-hybridized carbons (Fsp3) is 0.421. The van der Waals surface area contributed by atoms with E-state index in [1.165, 1.54) is 0 Å². The normalized spacial score (nSPS) is 15.8. The Labute approximate surface area is 158 Å². The van der Waals surface area contributed by atoms with Crippen LogP contribution in [-0.4, -0.2) is 15.1 Å². The first kappa shape index (κ1) is 18.6. The molecule has 0 aliphatic heterocycles. The summed E-state index contributed by atoms with van der Waals surface area (Å²) in [6.45, 7) is 1.96. The zero-order valence-corrected chi connectivity index (χ0v) is 15.6. The number of hydrogen-bond donors (Lipinski definition) is 1. The molecule has 1 aromatic carbocycles. The number of aromatic nitrogens is 3. The summed E-state index contributed by atoms with van der Waals surface area (Å²) in [5.41, 5.74) is 7.88. The van der Waals surface area contributed by atoms with Crippen LogP contribution in [0.5, 0.6) is 0 Å². The summed E-state index contributed by atoms with van der Waals surface area (Å²) < 4.78 is 11.3. The average Bonchev–Trinajstić information content (AvgIpc) is 3.34. The van der Waals surface area contributed by atoms with Gasteiger partial charge in [0.15, 0.2) is 17.5 Å². The SMILES string of the molecule is Cc1nc(CCc2nc(C3(N)CCCC3)no2)oc1-c1ccccc1.Cl. The van der Waals surface area contributed by atoms with Gasteiger partial charge in [0.25, 0.3) is 0 Å². The van der Waals surface area contributed by atoms with Crippen LogP contribution >= 0.6 is 12.4 Å². The first-order valence-electron chi connectivity index (χ1n) is 8.78. The monoisotopic (exact) mass is 374 g/mol. The Balaban J connectivity index is 0.00000196. The third-order valence-electron chi connectivity index (χ3n) is 4.84. The molecular weight excluding hydrogens is 352 g/mol. The van der Waals surface area contributed by atoms with Crippen LogP contribution in [-0.2, 0) is 18.4 Å². The zero-order chi connectivity index (χ0) is 17.3. The van der Waals surface area contributed by atoms with E-state index >= 15 is 0 Å². The van der Waals surface area contributed by atoms with Crippen LogP contribution in [0.25, 0.3) is 11.3 Å². The Morgan fingerprint density at radius 1 is 1.04 bits per heavy atom. The summed E-state index contributed by atoms with van der Waals surface area (Å²) in [4.78, 5) is 9.01. The van der Waals surface area contributed by atoms with Crippen molar-refractivity contribution in [1.29, 1.82) is 0 Å². The van der Waals surface area contributed by atoms with Crippen molar-refractivity contribution in [2.45, 2.75) is 51.0 Å². The summed E-state index contributed by atoms with van der Waals surface area (Å²) in [6.07, 6.45) is 5.30. The van der Waals surface area contributed by atoms with Gasteiger partial charge in [0.1, 0.15) is 0 Å². The molecule has 0 amide bonds. The summed E-state index contributed by atoms with van der Waals surface area (Å²) in [7, 11) is 0. The Kier molecular flexibility index (Phi) is 5.44. The van der Waals surface area contributed by atoms with Gasteiger partial charge in [0, 0.05) is 18.4 Å². The van der Waals surface area contributed by atoms with Crippen LogP contribution in [0.2, 0.25) is 0 Å². The molecule has 26 heavy (non-hydrogen) atoms. The van der Waals surface area contributed by atoms with E-state index in [9.17, 15) is 0 Å². The lowest BCUT2D eigenvalue weighted by Crippen LogP contribution is -2.34. The molecule has 0 atom stereocenters. The number of hydrogen-bond acceptors (Lipinski definition) is 6. The lowest BCUT2D eigenvalue weighted by molar-refractivity contribution is 0.346. The number of halogens is 1. The third-order valence-corrected chi connectivity index (χ3v) is 4.84. The maximum Gasteiger partial charge on any atom is 0.227 e. The number of rotatable bonds is 5. The van der Waals surface area contributed by atoms with E-state index in [1.54, 1.807) is 0 Å². The summed E-state index contributed by atoms with van der Waals surface area (Å²) in [5, 5.41) is 4.09. The molecule has 7 heteroatoms. The molecule has 0 unspecified atom stereocenters. The van der Waals surface area contributed by atoms with Crippen molar-refractivity contribution >= 4 is 12.4 Å². The van der Waals surface area contributed by atoms with Gasteiger partial charge in [-0.15, -0.1) is 12.4 Å². The van der Waals surface area contributed by atoms with Crippen LogP contribution in [0.15, 0.2) is 39.3 Å². The molecule has 0 radical (unpaired) electrons. The minimum atomic E-state index is -0.415. The predicted molar refractivity (Wildman–Crippen MR) is 100.0 cm³/mol. The van der Waals surface area contributed by atoms with Gasteiger partial charge in [-0.05, 0) is 19.8 Å². The lowest BCUT2D eigenvalue weighted by Gasteiger charge is -2.17. The van der Waals surface area contributed by atoms with Crippen molar-refractivity contribution in [3.63, 3.8) is 0 Å². The number of oxazole rings is 1. The lowest BCUT2D eigenvalue weighted by atomic mass is 9.99. The number of aryl methyl sites for hydroxylation is 3. The van der Waals surface area contributed by atoms with Crippen LogP contribution in [0.4, 0.5) is 0 Å². The first-order chi connectivity index (χ1) is 12.1. The van der Waals surface area contributed by atoms with Crippen LogP contribution in [0, 0.1) is 6.92 Å².